The molecule has 0 bridgehead atoms. The second kappa shape index (κ2) is 6.87. The number of aromatic hydroxyl groups is 1. The average Bonchev–Trinajstić information content (AvgIpc) is 2.61. The maximum atomic E-state index is 11.4. The van der Waals surface area contributed by atoms with Crippen molar-refractivity contribution in [2.75, 3.05) is 12.4 Å². The molecule has 7 heteroatoms. The number of nitrogens with zero attached hydrogens (tertiary/aromatic N) is 2. The van der Waals surface area contributed by atoms with Gasteiger partial charge in [0.15, 0.2) is 11.5 Å². The molecular formula is C19H20N4O3. The Kier molecular flexibility index (Phi) is 4.62. The number of carbonyl (C=O) groups excluding carboxylic acids is 1. The van der Waals surface area contributed by atoms with E-state index in [0.717, 1.165) is 5.56 Å². The van der Waals surface area contributed by atoms with Crippen LogP contribution in [0.1, 0.15) is 34.7 Å². The molecule has 4 N–H and O–H groups in total. The molecule has 1 amide bonds. The summed E-state index contributed by atoms with van der Waals surface area (Å²) in [4.78, 5) is 20.2. The standard InChI is InChI=1S/C19H20N4O3/c1-10(12-5-4-6-13(7-12)18(20)25)21-19-14-8-16(24)17(26-3)9-15(14)22-11(2)23-19/h4-10,24H,1-3H3,(H2,20,25)(H,21,22,23)/t10-/m1/s1. The molecule has 0 unspecified atom stereocenters. The van der Waals surface area contributed by atoms with Crippen LogP contribution in [0.5, 0.6) is 11.5 Å². The number of carbonyl (C=O) groups is 1. The number of fused-ring (bicyclic) bond motifs is 1. The van der Waals surface area contributed by atoms with Gasteiger partial charge in [-0.2, -0.15) is 0 Å². The molecule has 1 atom stereocenters. The Morgan fingerprint density at radius 3 is 2.73 bits per heavy atom. The van der Waals surface area contributed by atoms with Gasteiger partial charge in [-0.05, 0) is 37.6 Å². The highest BCUT2D eigenvalue weighted by Gasteiger charge is 2.14. The monoisotopic (exact) mass is 352 g/mol. The summed E-state index contributed by atoms with van der Waals surface area (Å²) >= 11 is 0. The van der Waals surface area contributed by atoms with Crippen molar-refractivity contribution in [3.05, 3.63) is 53.3 Å². The highest BCUT2D eigenvalue weighted by molar-refractivity contribution is 5.93. The van der Waals surface area contributed by atoms with Gasteiger partial charge in [0.25, 0.3) is 0 Å². The lowest BCUT2D eigenvalue weighted by Gasteiger charge is -2.18. The van der Waals surface area contributed by atoms with Gasteiger partial charge in [-0.15, -0.1) is 0 Å². The van der Waals surface area contributed by atoms with Crippen LogP contribution in [0.25, 0.3) is 10.9 Å². The molecule has 2 aromatic carbocycles. The number of ether oxygens (including phenoxy) is 1. The Labute approximate surface area is 150 Å². The number of methoxy groups -OCH3 is 1. The topological polar surface area (TPSA) is 110 Å². The number of anilines is 1. The molecule has 3 aromatic rings. The van der Waals surface area contributed by atoms with Crippen LogP contribution in [0.15, 0.2) is 36.4 Å². The van der Waals surface area contributed by atoms with Gasteiger partial charge in [0.05, 0.1) is 12.6 Å². The Morgan fingerprint density at radius 2 is 2.04 bits per heavy atom. The van der Waals surface area contributed by atoms with Gasteiger partial charge in [0, 0.05) is 23.1 Å². The Hall–Kier alpha value is -3.35. The van der Waals surface area contributed by atoms with Gasteiger partial charge >= 0.3 is 0 Å². The molecule has 0 radical (unpaired) electrons. The quantitative estimate of drug-likeness (QED) is 0.651. The molecule has 26 heavy (non-hydrogen) atoms. The third kappa shape index (κ3) is 3.37. The highest BCUT2D eigenvalue weighted by atomic mass is 16.5. The van der Waals surface area contributed by atoms with Gasteiger partial charge in [-0.3, -0.25) is 4.79 Å². The summed E-state index contributed by atoms with van der Waals surface area (Å²) in [6.07, 6.45) is 0. The van der Waals surface area contributed by atoms with E-state index in [4.69, 9.17) is 10.5 Å². The number of nitrogens with two attached hydrogens (primary N) is 1. The van der Waals surface area contributed by atoms with Gasteiger partial charge in [-0.1, -0.05) is 12.1 Å². The molecule has 1 aromatic heterocycles. The van der Waals surface area contributed by atoms with E-state index in [1.807, 2.05) is 13.0 Å². The number of primary amides is 1. The summed E-state index contributed by atoms with van der Waals surface area (Å²) in [5.41, 5.74) is 7.35. The lowest BCUT2D eigenvalue weighted by Crippen LogP contribution is -2.13. The van der Waals surface area contributed by atoms with E-state index in [0.29, 0.717) is 33.9 Å². The van der Waals surface area contributed by atoms with E-state index in [-0.39, 0.29) is 11.8 Å². The molecule has 0 saturated carbocycles. The van der Waals surface area contributed by atoms with Crippen LogP contribution in [0.2, 0.25) is 0 Å². The summed E-state index contributed by atoms with van der Waals surface area (Å²) in [6.45, 7) is 3.75. The van der Waals surface area contributed by atoms with Crippen molar-refractivity contribution in [3.8, 4) is 11.5 Å². The van der Waals surface area contributed by atoms with Gasteiger partial charge < -0.3 is 20.9 Å². The van der Waals surface area contributed by atoms with Crippen LogP contribution in [-0.2, 0) is 0 Å². The maximum Gasteiger partial charge on any atom is 0.248 e. The van der Waals surface area contributed by atoms with Crippen LogP contribution in [-0.4, -0.2) is 28.1 Å². The zero-order valence-corrected chi connectivity index (χ0v) is 14.8. The van der Waals surface area contributed by atoms with Crippen molar-refractivity contribution in [1.82, 2.24) is 9.97 Å². The first-order valence-corrected chi connectivity index (χ1v) is 8.10. The maximum absolute atomic E-state index is 11.4. The number of aromatic nitrogens is 2. The number of aryl methyl sites for hydroxylation is 1. The van der Waals surface area contributed by atoms with E-state index in [2.05, 4.69) is 15.3 Å². The predicted molar refractivity (Wildman–Crippen MR) is 99.5 cm³/mol. The lowest BCUT2D eigenvalue weighted by molar-refractivity contribution is 0.1000. The first-order chi connectivity index (χ1) is 12.4. The van der Waals surface area contributed by atoms with Crippen molar-refractivity contribution in [2.24, 2.45) is 5.73 Å². The molecule has 7 nitrogen and oxygen atoms in total. The summed E-state index contributed by atoms with van der Waals surface area (Å²) in [7, 11) is 1.49. The van der Waals surface area contributed by atoms with Crippen molar-refractivity contribution in [1.29, 1.82) is 0 Å². The van der Waals surface area contributed by atoms with Crippen LogP contribution in [0, 0.1) is 6.92 Å². The van der Waals surface area contributed by atoms with E-state index >= 15 is 0 Å². The molecule has 134 valence electrons. The highest BCUT2D eigenvalue weighted by Crippen LogP contribution is 2.34. The first-order valence-electron chi connectivity index (χ1n) is 8.10. The van der Waals surface area contributed by atoms with Gasteiger partial charge in [-0.25, -0.2) is 9.97 Å². The minimum atomic E-state index is -0.473. The molecule has 0 spiro atoms. The van der Waals surface area contributed by atoms with Gasteiger partial charge in [0.2, 0.25) is 5.91 Å². The number of amides is 1. The largest absolute Gasteiger partial charge is 0.504 e. The lowest BCUT2D eigenvalue weighted by atomic mass is 10.0. The van der Waals surface area contributed by atoms with Crippen molar-refractivity contribution >= 4 is 22.6 Å². The van der Waals surface area contributed by atoms with E-state index in [1.54, 1.807) is 37.3 Å². The van der Waals surface area contributed by atoms with E-state index in [9.17, 15) is 9.90 Å². The number of hydrogen-bond acceptors (Lipinski definition) is 6. The normalized spacial score (nSPS) is 12.0. The first kappa shape index (κ1) is 17.5. The smallest absolute Gasteiger partial charge is 0.248 e. The number of hydrogen-bond donors (Lipinski definition) is 3. The van der Waals surface area contributed by atoms with Crippen molar-refractivity contribution < 1.29 is 14.6 Å². The summed E-state index contributed by atoms with van der Waals surface area (Å²) < 4.78 is 5.14. The third-order valence-electron chi connectivity index (χ3n) is 4.13. The molecule has 0 aliphatic carbocycles. The molecule has 0 aliphatic heterocycles. The number of phenols is 1. The second-order valence-electron chi connectivity index (χ2n) is 6.02. The Balaban J connectivity index is 2.01. The van der Waals surface area contributed by atoms with Crippen molar-refractivity contribution in [3.63, 3.8) is 0 Å². The predicted octanol–water partition coefficient (Wildman–Crippen LogP) is 2.92. The fourth-order valence-electron chi connectivity index (χ4n) is 2.78. The summed E-state index contributed by atoms with van der Waals surface area (Å²) in [6, 6.07) is 10.2. The zero-order valence-electron chi connectivity index (χ0n) is 14.8. The van der Waals surface area contributed by atoms with Crippen LogP contribution >= 0.6 is 0 Å². The number of benzene rings is 2. The minimum absolute atomic E-state index is 0.0129. The van der Waals surface area contributed by atoms with Crippen LogP contribution < -0.4 is 15.8 Å². The second-order valence-corrected chi connectivity index (χ2v) is 6.02. The number of phenolic OH excluding ortho intramolecular Hbond substituents is 1. The fourth-order valence-corrected chi connectivity index (χ4v) is 2.78. The number of rotatable bonds is 5. The third-order valence-corrected chi connectivity index (χ3v) is 4.13. The minimum Gasteiger partial charge on any atom is -0.504 e. The molecule has 0 saturated heterocycles. The van der Waals surface area contributed by atoms with Crippen LogP contribution in [0.3, 0.4) is 0 Å². The Bertz CT molecular complexity index is 988. The zero-order chi connectivity index (χ0) is 18.8. The Morgan fingerprint density at radius 1 is 1.27 bits per heavy atom. The molecule has 3 rings (SSSR count). The van der Waals surface area contributed by atoms with Crippen molar-refractivity contribution in [2.45, 2.75) is 19.9 Å². The van der Waals surface area contributed by atoms with E-state index in [1.165, 1.54) is 7.11 Å². The fraction of sp³-hybridized carbons (Fsp3) is 0.211. The SMILES string of the molecule is COc1cc2nc(C)nc(N[C@H](C)c3cccc(C(N)=O)c3)c2cc1O. The van der Waals surface area contributed by atoms with Crippen LogP contribution in [0.4, 0.5) is 5.82 Å². The number of nitrogens with one attached hydrogen (secondary N) is 1. The molecule has 1 heterocycles. The van der Waals surface area contributed by atoms with Gasteiger partial charge in [0.1, 0.15) is 11.6 Å². The molecule has 0 aliphatic rings. The molecule has 0 fully saturated rings. The molecular weight excluding hydrogens is 332 g/mol. The summed E-state index contributed by atoms with van der Waals surface area (Å²) in [5, 5.41) is 14.1. The van der Waals surface area contributed by atoms with E-state index < -0.39 is 5.91 Å². The summed E-state index contributed by atoms with van der Waals surface area (Å²) in [5.74, 6) is 1.07. The average molecular weight is 352 g/mol.